The van der Waals surface area contributed by atoms with Gasteiger partial charge in [0.05, 0.1) is 0 Å². The van der Waals surface area contributed by atoms with E-state index in [1.165, 1.54) is 0 Å². The molecule has 2 unspecified atom stereocenters. The van der Waals surface area contributed by atoms with Gasteiger partial charge >= 0.3 is 11.9 Å². The van der Waals surface area contributed by atoms with E-state index in [0.29, 0.717) is 5.92 Å². The van der Waals surface area contributed by atoms with E-state index in [1.54, 1.807) is 0 Å². The van der Waals surface area contributed by atoms with Crippen molar-refractivity contribution in [2.75, 3.05) is 6.61 Å². The molecular weight excluding hydrogens is 246 g/mol. The highest BCUT2D eigenvalue weighted by Crippen LogP contribution is 2.14. The fourth-order valence-corrected chi connectivity index (χ4v) is 1.21. The van der Waals surface area contributed by atoms with Crippen molar-refractivity contribution >= 4 is 11.9 Å². The highest BCUT2D eigenvalue weighted by molar-refractivity contribution is 5.83. The molecule has 104 valence electrons. The van der Waals surface area contributed by atoms with Crippen LogP contribution in [-0.2, 0) is 9.59 Å². The minimum atomic E-state index is -2.27. The van der Waals surface area contributed by atoms with Crippen LogP contribution in [0.4, 0.5) is 0 Å². The molecule has 0 aromatic rings. The van der Waals surface area contributed by atoms with Gasteiger partial charge in [-0.05, 0) is 6.42 Å². The first-order valence-electron chi connectivity index (χ1n) is 5.16. The van der Waals surface area contributed by atoms with E-state index in [9.17, 15) is 9.59 Å². The molecule has 1 rings (SSSR count). The molecule has 0 radical (unpaired) electrons. The zero-order chi connectivity index (χ0) is 14.3. The van der Waals surface area contributed by atoms with Gasteiger partial charge in [0.25, 0.3) is 0 Å². The summed E-state index contributed by atoms with van der Waals surface area (Å²) in [5.74, 6) is -3.21. The normalized spacial score (nSPS) is 24.9. The van der Waals surface area contributed by atoms with Crippen molar-refractivity contribution in [3.63, 3.8) is 0 Å². The number of carbonyl (C=O) groups is 2. The molecule has 8 heteroatoms. The topological polar surface area (TPSA) is 161 Å². The summed E-state index contributed by atoms with van der Waals surface area (Å²) in [6, 6.07) is 0.187. The van der Waals surface area contributed by atoms with Crippen LogP contribution in [0, 0.1) is 5.92 Å². The third-order valence-corrected chi connectivity index (χ3v) is 2.24. The molecule has 1 aliphatic carbocycles. The first-order valence-corrected chi connectivity index (χ1v) is 5.16. The van der Waals surface area contributed by atoms with E-state index in [4.69, 9.17) is 31.3 Å². The molecule has 0 fully saturated rings. The van der Waals surface area contributed by atoms with E-state index in [0.717, 1.165) is 6.42 Å². The number of carboxylic acids is 2. The van der Waals surface area contributed by atoms with Gasteiger partial charge in [0.15, 0.2) is 12.2 Å². The molecular formula is C10H17NO7. The molecule has 0 amide bonds. The molecule has 7 N–H and O–H groups in total. The maximum atomic E-state index is 9.77. The van der Waals surface area contributed by atoms with Crippen molar-refractivity contribution < 1.29 is 35.1 Å². The summed E-state index contributed by atoms with van der Waals surface area (Å²) in [5, 5.41) is 41.1. The lowest BCUT2D eigenvalue weighted by molar-refractivity contribution is -0.165. The SMILES string of the molecule is NC1C=CC(CO)C1.O=C(O)[C@@H](O)[C@H](O)C(=O)O. The molecule has 4 atom stereocenters. The van der Waals surface area contributed by atoms with E-state index >= 15 is 0 Å². The Balaban J connectivity index is 0.000000327. The molecule has 0 saturated carbocycles. The molecule has 8 nitrogen and oxygen atoms in total. The van der Waals surface area contributed by atoms with Crippen LogP contribution in [0.5, 0.6) is 0 Å². The lowest BCUT2D eigenvalue weighted by atomic mass is 10.1. The van der Waals surface area contributed by atoms with Crippen LogP contribution < -0.4 is 5.73 Å². The monoisotopic (exact) mass is 263 g/mol. The van der Waals surface area contributed by atoms with Gasteiger partial charge in [-0.2, -0.15) is 0 Å². The van der Waals surface area contributed by atoms with Crippen molar-refractivity contribution in [2.45, 2.75) is 24.7 Å². The second-order valence-corrected chi connectivity index (χ2v) is 3.79. The summed E-state index contributed by atoms with van der Waals surface area (Å²) in [4.78, 5) is 19.5. The summed E-state index contributed by atoms with van der Waals surface area (Å²) in [5.41, 5.74) is 5.50. The average Bonchev–Trinajstić information content (AvgIpc) is 2.73. The molecule has 0 aliphatic heterocycles. The Labute approximate surface area is 103 Å². The number of aliphatic hydroxyl groups is 3. The molecule has 0 bridgehead atoms. The second-order valence-electron chi connectivity index (χ2n) is 3.79. The Morgan fingerprint density at radius 2 is 1.61 bits per heavy atom. The molecule has 0 heterocycles. The van der Waals surface area contributed by atoms with E-state index in [1.807, 2.05) is 12.2 Å². The maximum Gasteiger partial charge on any atom is 0.335 e. The van der Waals surface area contributed by atoms with Gasteiger partial charge in [-0.1, -0.05) is 12.2 Å². The van der Waals surface area contributed by atoms with Crippen LogP contribution in [0.2, 0.25) is 0 Å². The number of nitrogens with two attached hydrogens (primary N) is 1. The van der Waals surface area contributed by atoms with Crippen LogP contribution in [0.25, 0.3) is 0 Å². The molecule has 18 heavy (non-hydrogen) atoms. The third kappa shape index (κ3) is 5.73. The summed E-state index contributed by atoms with van der Waals surface area (Å²) >= 11 is 0. The summed E-state index contributed by atoms with van der Waals surface area (Å²) in [6.45, 7) is 0.240. The maximum absolute atomic E-state index is 9.77. The first kappa shape index (κ1) is 16.5. The minimum Gasteiger partial charge on any atom is -0.479 e. The number of aliphatic carboxylic acids is 2. The molecule has 0 aromatic carbocycles. The Morgan fingerprint density at radius 3 is 1.78 bits per heavy atom. The minimum absolute atomic E-state index is 0.187. The standard InChI is InChI=1S/C6H11NO.C4H6O6/c7-6-2-1-5(3-6)4-8;5-1(3(7)8)2(6)4(9)10/h1-2,5-6,8H,3-4,7H2;1-2,5-6H,(H,7,8)(H,9,10)/t;1-,2-/m.0/s1. The average molecular weight is 263 g/mol. The first-order chi connectivity index (χ1) is 8.29. The zero-order valence-corrected chi connectivity index (χ0v) is 9.51. The third-order valence-electron chi connectivity index (χ3n) is 2.24. The number of hydrogen-bond acceptors (Lipinski definition) is 6. The Kier molecular flexibility index (Phi) is 7.13. The summed E-state index contributed by atoms with van der Waals surface area (Å²) in [7, 11) is 0. The fraction of sp³-hybridized carbons (Fsp3) is 0.600. The largest absolute Gasteiger partial charge is 0.479 e. The summed E-state index contributed by atoms with van der Waals surface area (Å²) in [6.07, 6.45) is 0.303. The predicted octanol–water partition coefficient (Wildman–Crippen LogP) is -2.24. The van der Waals surface area contributed by atoms with Crippen molar-refractivity contribution in [3.05, 3.63) is 12.2 Å². The van der Waals surface area contributed by atoms with Crippen molar-refractivity contribution in [1.82, 2.24) is 0 Å². The molecule has 1 aliphatic rings. The smallest absolute Gasteiger partial charge is 0.335 e. The van der Waals surface area contributed by atoms with Gasteiger partial charge in [-0.3, -0.25) is 0 Å². The van der Waals surface area contributed by atoms with E-state index in [-0.39, 0.29) is 12.6 Å². The van der Waals surface area contributed by atoms with Gasteiger partial charge in [0, 0.05) is 18.6 Å². The van der Waals surface area contributed by atoms with Gasteiger partial charge < -0.3 is 31.3 Å². The van der Waals surface area contributed by atoms with E-state index < -0.39 is 24.1 Å². The van der Waals surface area contributed by atoms with E-state index in [2.05, 4.69) is 0 Å². The second kappa shape index (κ2) is 7.77. The van der Waals surface area contributed by atoms with Crippen LogP contribution in [-0.4, -0.2) is 62.3 Å². The van der Waals surface area contributed by atoms with Crippen molar-refractivity contribution in [2.24, 2.45) is 11.7 Å². The van der Waals surface area contributed by atoms with Crippen LogP contribution in [0.1, 0.15) is 6.42 Å². The highest BCUT2D eigenvalue weighted by atomic mass is 16.4. The van der Waals surface area contributed by atoms with Gasteiger partial charge in [0.2, 0.25) is 0 Å². The van der Waals surface area contributed by atoms with Gasteiger partial charge in [-0.15, -0.1) is 0 Å². The molecule has 0 spiro atoms. The summed E-state index contributed by atoms with van der Waals surface area (Å²) < 4.78 is 0. The van der Waals surface area contributed by atoms with Crippen molar-refractivity contribution in [1.29, 1.82) is 0 Å². The van der Waals surface area contributed by atoms with Crippen LogP contribution in [0.3, 0.4) is 0 Å². The number of rotatable bonds is 4. The fourth-order valence-electron chi connectivity index (χ4n) is 1.21. The Bertz CT molecular complexity index is 299. The van der Waals surface area contributed by atoms with Crippen molar-refractivity contribution in [3.8, 4) is 0 Å². The van der Waals surface area contributed by atoms with Gasteiger partial charge in [-0.25, -0.2) is 9.59 Å². The predicted molar refractivity (Wildman–Crippen MR) is 59.6 cm³/mol. The zero-order valence-electron chi connectivity index (χ0n) is 9.51. The number of aliphatic hydroxyl groups excluding tert-OH is 3. The molecule has 0 saturated heterocycles. The molecule has 0 aromatic heterocycles. The lowest BCUT2D eigenvalue weighted by Crippen LogP contribution is -2.39. The lowest BCUT2D eigenvalue weighted by Gasteiger charge is -2.07. The van der Waals surface area contributed by atoms with Gasteiger partial charge in [0.1, 0.15) is 0 Å². The Morgan fingerprint density at radius 1 is 1.17 bits per heavy atom. The Hall–Kier alpha value is -1.48. The quantitative estimate of drug-likeness (QED) is 0.310. The van der Waals surface area contributed by atoms with Crippen LogP contribution in [0.15, 0.2) is 12.2 Å². The number of hydrogen-bond donors (Lipinski definition) is 6. The number of carboxylic acid groups (broad SMARTS) is 2. The highest BCUT2D eigenvalue weighted by Gasteiger charge is 2.29. The van der Waals surface area contributed by atoms with Crippen LogP contribution >= 0.6 is 0 Å².